The number of hydrogen-bond acceptors (Lipinski definition) is 2. The lowest BCUT2D eigenvalue weighted by Crippen LogP contribution is -2.30. The zero-order valence-electron chi connectivity index (χ0n) is 9.42. The van der Waals surface area contributed by atoms with Gasteiger partial charge in [0.15, 0.2) is 0 Å². The lowest BCUT2D eigenvalue weighted by atomic mass is 10.1. The zero-order chi connectivity index (χ0) is 11.5. The fraction of sp³-hybridized carbons (Fsp3) is 0.385. The molecule has 0 aromatic heterocycles. The van der Waals surface area contributed by atoms with Gasteiger partial charge in [-0.2, -0.15) is 0 Å². The molecule has 0 radical (unpaired) electrons. The SMILES string of the molecule is C=C(Cl)CNCC1Cc2cc(C)ccc2O1. The molecule has 0 aliphatic carbocycles. The first-order chi connectivity index (χ1) is 7.65. The summed E-state index contributed by atoms with van der Waals surface area (Å²) in [6.45, 7) is 7.17. The van der Waals surface area contributed by atoms with Crippen LogP contribution in [0.3, 0.4) is 0 Å². The van der Waals surface area contributed by atoms with Crippen LogP contribution in [0.2, 0.25) is 0 Å². The highest BCUT2D eigenvalue weighted by Gasteiger charge is 2.22. The molecule has 1 aromatic carbocycles. The second-order valence-corrected chi connectivity index (χ2v) is 4.74. The van der Waals surface area contributed by atoms with Gasteiger partial charge >= 0.3 is 0 Å². The minimum atomic E-state index is 0.216. The van der Waals surface area contributed by atoms with Crippen molar-refractivity contribution in [1.82, 2.24) is 5.32 Å². The Morgan fingerprint density at radius 3 is 3.19 bits per heavy atom. The molecule has 2 rings (SSSR count). The molecule has 1 aliphatic heterocycles. The summed E-state index contributed by atoms with van der Waals surface area (Å²) in [7, 11) is 0. The quantitative estimate of drug-likeness (QED) is 0.870. The van der Waals surface area contributed by atoms with E-state index in [4.69, 9.17) is 16.3 Å². The predicted molar refractivity (Wildman–Crippen MR) is 67.2 cm³/mol. The molecule has 86 valence electrons. The molecule has 2 nitrogen and oxygen atoms in total. The second kappa shape index (κ2) is 4.89. The molecule has 16 heavy (non-hydrogen) atoms. The largest absolute Gasteiger partial charge is 0.488 e. The van der Waals surface area contributed by atoms with Crippen LogP contribution in [-0.2, 0) is 6.42 Å². The van der Waals surface area contributed by atoms with E-state index in [0.29, 0.717) is 11.6 Å². The Morgan fingerprint density at radius 1 is 1.62 bits per heavy atom. The van der Waals surface area contributed by atoms with E-state index in [0.717, 1.165) is 18.7 Å². The highest BCUT2D eigenvalue weighted by molar-refractivity contribution is 6.29. The number of fused-ring (bicyclic) bond motifs is 1. The Kier molecular flexibility index (Phi) is 3.52. The summed E-state index contributed by atoms with van der Waals surface area (Å²) in [5.74, 6) is 1.02. The summed E-state index contributed by atoms with van der Waals surface area (Å²) < 4.78 is 5.81. The van der Waals surface area contributed by atoms with Crippen LogP contribution in [0.15, 0.2) is 29.8 Å². The van der Waals surface area contributed by atoms with Crippen LogP contribution in [0.5, 0.6) is 5.75 Å². The van der Waals surface area contributed by atoms with E-state index in [1.165, 1.54) is 11.1 Å². The molecule has 1 heterocycles. The maximum absolute atomic E-state index is 5.81. The second-order valence-electron chi connectivity index (χ2n) is 4.20. The van der Waals surface area contributed by atoms with E-state index in [9.17, 15) is 0 Å². The topological polar surface area (TPSA) is 21.3 Å². The average Bonchev–Trinajstić information content (AvgIpc) is 2.58. The van der Waals surface area contributed by atoms with Gasteiger partial charge in [0.05, 0.1) is 0 Å². The van der Waals surface area contributed by atoms with Crippen LogP contribution < -0.4 is 10.1 Å². The Balaban J connectivity index is 1.88. The molecular formula is C13H16ClNO. The number of hydrogen-bond donors (Lipinski definition) is 1. The fourth-order valence-electron chi connectivity index (χ4n) is 1.93. The first-order valence-electron chi connectivity index (χ1n) is 5.45. The van der Waals surface area contributed by atoms with Gasteiger partial charge < -0.3 is 10.1 Å². The fourth-order valence-corrected chi connectivity index (χ4v) is 2.03. The van der Waals surface area contributed by atoms with Gasteiger partial charge in [0.2, 0.25) is 0 Å². The van der Waals surface area contributed by atoms with Crippen molar-refractivity contribution in [1.29, 1.82) is 0 Å². The number of ether oxygens (including phenoxy) is 1. The van der Waals surface area contributed by atoms with E-state index in [-0.39, 0.29) is 6.10 Å². The van der Waals surface area contributed by atoms with E-state index in [1.807, 2.05) is 6.07 Å². The molecule has 0 bridgehead atoms. The van der Waals surface area contributed by atoms with Crippen LogP contribution in [-0.4, -0.2) is 19.2 Å². The van der Waals surface area contributed by atoms with Crippen molar-refractivity contribution in [2.45, 2.75) is 19.4 Å². The average molecular weight is 238 g/mol. The lowest BCUT2D eigenvalue weighted by Gasteiger charge is -2.11. The van der Waals surface area contributed by atoms with Crippen molar-refractivity contribution in [2.24, 2.45) is 0 Å². The van der Waals surface area contributed by atoms with Crippen LogP contribution in [0.4, 0.5) is 0 Å². The van der Waals surface area contributed by atoms with Crippen LogP contribution >= 0.6 is 11.6 Å². The summed E-state index contributed by atoms with van der Waals surface area (Å²) in [5, 5.41) is 3.85. The molecular weight excluding hydrogens is 222 g/mol. The molecule has 0 amide bonds. The summed E-state index contributed by atoms with van der Waals surface area (Å²) in [4.78, 5) is 0. The molecule has 0 spiro atoms. The molecule has 1 unspecified atom stereocenters. The maximum atomic E-state index is 5.81. The lowest BCUT2D eigenvalue weighted by molar-refractivity contribution is 0.229. The monoisotopic (exact) mass is 237 g/mol. The van der Waals surface area contributed by atoms with Crippen LogP contribution in [0, 0.1) is 6.92 Å². The van der Waals surface area contributed by atoms with E-state index < -0.39 is 0 Å². The van der Waals surface area contributed by atoms with Gasteiger partial charge in [-0.25, -0.2) is 0 Å². The summed E-state index contributed by atoms with van der Waals surface area (Å²) in [5.41, 5.74) is 2.58. The molecule has 0 saturated carbocycles. The molecule has 1 N–H and O–H groups in total. The van der Waals surface area contributed by atoms with Gasteiger partial charge in [0.25, 0.3) is 0 Å². The molecule has 1 atom stereocenters. The van der Waals surface area contributed by atoms with Crippen molar-refractivity contribution < 1.29 is 4.74 Å². The third kappa shape index (κ3) is 2.77. The van der Waals surface area contributed by atoms with E-state index >= 15 is 0 Å². The van der Waals surface area contributed by atoms with Gasteiger partial charge in [-0.1, -0.05) is 35.9 Å². The molecule has 3 heteroatoms. The molecule has 0 fully saturated rings. The normalized spacial score (nSPS) is 18.0. The number of aryl methyl sites for hydroxylation is 1. The van der Waals surface area contributed by atoms with Crippen molar-refractivity contribution in [2.75, 3.05) is 13.1 Å². The number of nitrogens with one attached hydrogen (secondary N) is 1. The minimum Gasteiger partial charge on any atom is -0.488 e. The summed E-state index contributed by atoms with van der Waals surface area (Å²) in [6, 6.07) is 6.32. The van der Waals surface area contributed by atoms with Gasteiger partial charge in [-0.3, -0.25) is 0 Å². The zero-order valence-corrected chi connectivity index (χ0v) is 10.2. The highest BCUT2D eigenvalue weighted by Crippen LogP contribution is 2.29. The molecule has 1 aliphatic rings. The molecule has 0 saturated heterocycles. The van der Waals surface area contributed by atoms with Crippen molar-refractivity contribution >= 4 is 11.6 Å². The number of benzene rings is 1. The Labute approximate surface area is 101 Å². The number of rotatable bonds is 4. The van der Waals surface area contributed by atoms with Gasteiger partial charge in [0.1, 0.15) is 11.9 Å². The Hall–Kier alpha value is -0.990. The number of halogens is 1. The molecule has 1 aromatic rings. The summed E-state index contributed by atoms with van der Waals surface area (Å²) in [6.07, 6.45) is 1.19. The Bertz CT molecular complexity index is 403. The predicted octanol–water partition coefficient (Wildman–Crippen LogP) is 2.64. The van der Waals surface area contributed by atoms with E-state index in [2.05, 4.69) is 31.0 Å². The van der Waals surface area contributed by atoms with Gasteiger partial charge in [-0.15, -0.1) is 0 Å². The maximum Gasteiger partial charge on any atom is 0.123 e. The van der Waals surface area contributed by atoms with E-state index in [1.54, 1.807) is 0 Å². The van der Waals surface area contributed by atoms with Crippen molar-refractivity contribution in [3.63, 3.8) is 0 Å². The highest BCUT2D eigenvalue weighted by atomic mass is 35.5. The van der Waals surface area contributed by atoms with Crippen LogP contribution in [0.1, 0.15) is 11.1 Å². The van der Waals surface area contributed by atoms with Crippen LogP contribution in [0.25, 0.3) is 0 Å². The first-order valence-corrected chi connectivity index (χ1v) is 5.83. The minimum absolute atomic E-state index is 0.216. The standard InChI is InChI=1S/C13H16ClNO/c1-9-3-4-13-11(5-9)6-12(16-13)8-15-7-10(2)14/h3-5,12,15H,2,6-8H2,1H3. The smallest absolute Gasteiger partial charge is 0.123 e. The van der Waals surface area contributed by atoms with Crippen molar-refractivity contribution in [3.8, 4) is 5.75 Å². The van der Waals surface area contributed by atoms with Gasteiger partial charge in [0, 0.05) is 24.5 Å². The first kappa shape index (κ1) is 11.5. The third-order valence-electron chi connectivity index (χ3n) is 2.65. The van der Waals surface area contributed by atoms with Gasteiger partial charge in [-0.05, 0) is 18.6 Å². The third-order valence-corrected chi connectivity index (χ3v) is 2.78. The Morgan fingerprint density at radius 2 is 2.44 bits per heavy atom. The summed E-state index contributed by atoms with van der Waals surface area (Å²) >= 11 is 5.68. The van der Waals surface area contributed by atoms with Crippen molar-refractivity contribution in [3.05, 3.63) is 40.9 Å².